The standard InChI is InChI=1S/C9H18O.C8H16O2.CH3F/c1-4-5-6-7-8(2)9(3)10;1-3-4-5-6-7(2)8(9)10;1-2/h8H,4-7H2,1-3H3;7H,3-6H2,1-2H3,(H,9,10);1H3/t8-;7-;/m11./s1/i;;1D. The lowest BCUT2D eigenvalue weighted by atomic mass is 10.0. The summed E-state index contributed by atoms with van der Waals surface area (Å²) in [4.78, 5) is 21.0. The molecule has 0 aromatic heterocycles. The quantitative estimate of drug-likeness (QED) is 0.528. The molecule has 0 bridgehead atoms. The second kappa shape index (κ2) is 20.1. The highest BCUT2D eigenvalue weighted by atomic mass is 19.1. The van der Waals surface area contributed by atoms with Gasteiger partial charge in [-0.25, -0.2) is 0 Å². The summed E-state index contributed by atoms with van der Waals surface area (Å²) in [5, 5.41) is 8.48. The van der Waals surface area contributed by atoms with E-state index >= 15 is 0 Å². The minimum absolute atomic E-state index is 0.161. The third-order valence-electron chi connectivity index (χ3n) is 3.60. The summed E-state index contributed by atoms with van der Waals surface area (Å²) in [6.07, 6.45) is 8.96. The molecule has 2 atom stereocenters. The van der Waals surface area contributed by atoms with Gasteiger partial charge in [0.15, 0.2) is 0 Å². The van der Waals surface area contributed by atoms with Gasteiger partial charge >= 0.3 is 5.97 Å². The van der Waals surface area contributed by atoms with Crippen LogP contribution >= 0.6 is 0 Å². The summed E-state index contributed by atoms with van der Waals surface area (Å²) in [5.41, 5.74) is 0. The van der Waals surface area contributed by atoms with Crippen LogP contribution in [-0.4, -0.2) is 24.0 Å². The SMILES string of the molecule is CCCCC[C@@H](C)C(=O)O.CCCCC[C@@H](C)C(C)=O.[2H]CF. The Morgan fingerprint density at radius 2 is 1.36 bits per heavy atom. The molecule has 1 N–H and O–H groups in total. The molecule has 0 aromatic rings. The van der Waals surface area contributed by atoms with Gasteiger partial charge in [-0.2, -0.15) is 0 Å². The number of carboxylic acids is 1. The van der Waals surface area contributed by atoms with E-state index in [2.05, 4.69) is 13.8 Å². The van der Waals surface area contributed by atoms with Gasteiger partial charge in [0.2, 0.25) is 0 Å². The average Bonchev–Trinajstić information content (AvgIpc) is 2.48. The summed E-state index contributed by atoms with van der Waals surface area (Å²) in [5.74, 6) is -0.217. The van der Waals surface area contributed by atoms with Crippen LogP contribution in [0, 0.1) is 11.8 Å². The number of carbonyl (C=O) groups excluding carboxylic acids is 1. The topological polar surface area (TPSA) is 54.4 Å². The Bertz CT molecular complexity index is 247. The number of ketones is 1. The van der Waals surface area contributed by atoms with Crippen molar-refractivity contribution >= 4 is 11.8 Å². The van der Waals surface area contributed by atoms with Crippen molar-refractivity contribution in [3.05, 3.63) is 0 Å². The highest BCUT2D eigenvalue weighted by molar-refractivity contribution is 5.77. The number of Topliss-reactive ketones (excluding diaryl/α,β-unsaturated/α-hetero) is 1. The molecule has 0 saturated heterocycles. The van der Waals surface area contributed by atoms with Gasteiger partial charge in [0, 0.05) is 5.92 Å². The minimum Gasteiger partial charge on any atom is -0.481 e. The van der Waals surface area contributed by atoms with E-state index in [-0.39, 0.29) is 11.8 Å². The lowest BCUT2D eigenvalue weighted by Crippen LogP contribution is -2.08. The lowest BCUT2D eigenvalue weighted by molar-refractivity contribution is -0.141. The van der Waals surface area contributed by atoms with Gasteiger partial charge in [-0.1, -0.05) is 66.2 Å². The normalized spacial score (nSPS) is 12.7. The monoisotopic (exact) mass is 321 g/mol. The number of aliphatic carboxylic acids is 1. The summed E-state index contributed by atoms with van der Waals surface area (Å²) in [6, 6.07) is 0. The fourth-order valence-electron chi connectivity index (χ4n) is 1.73. The van der Waals surface area contributed by atoms with E-state index in [1.165, 1.54) is 19.3 Å². The maximum Gasteiger partial charge on any atom is 0.306 e. The fraction of sp³-hybridized carbons (Fsp3) is 0.889. The second-order valence-electron chi connectivity index (χ2n) is 5.74. The van der Waals surface area contributed by atoms with Crippen LogP contribution in [0.25, 0.3) is 0 Å². The first-order valence-electron chi connectivity index (χ1n) is 9.07. The predicted octanol–water partition coefficient (Wildman–Crippen LogP) is 5.66. The molecule has 134 valence electrons. The first kappa shape index (κ1) is 23.3. The largest absolute Gasteiger partial charge is 0.481 e. The van der Waals surface area contributed by atoms with Crippen LogP contribution in [0.15, 0.2) is 0 Å². The van der Waals surface area contributed by atoms with E-state index in [9.17, 15) is 14.0 Å². The highest BCUT2D eigenvalue weighted by Gasteiger charge is 2.08. The third kappa shape index (κ3) is 21.4. The first-order chi connectivity index (χ1) is 10.8. The van der Waals surface area contributed by atoms with E-state index in [1.807, 2.05) is 6.92 Å². The van der Waals surface area contributed by atoms with Crippen molar-refractivity contribution < 1.29 is 20.5 Å². The van der Waals surface area contributed by atoms with E-state index in [0.717, 1.165) is 32.1 Å². The molecular weight excluding hydrogens is 283 g/mol. The minimum atomic E-state index is -1.00. The van der Waals surface area contributed by atoms with Crippen molar-refractivity contribution in [1.29, 1.82) is 0 Å². The van der Waals surface area contributed by atoms with Crippen molar-refractivity contribution in [1.82, 2.24) is 0 Å². The molecule has 0 aromatic carbocycles. The average molecular weight is 321 g/mol. The maximum absolute atomic E-state index is 10.7. The van der Waals surface area contributed by atoms with E-state index in [1.54, 1.807) is 13.8 Å². The van der Waals surface area contributed by atoms with Crippen molar-refractivity contribution in [2.45, 2.75) is 86.0 Å². The van der Waals surface area contributed by atoms with Gasteiger partial charge in [-0.3, -0.25) is 14.0 Å². The Balaban J connectivity index is -0.000000297. The van der Waals surface area contributed by atoms with Crippen LogP contribution in [0.5, 0.6) is 0 Å². The molecule has 22 heavy (non-hydrogen) atoms. The van der Waals surface area contributed by atoms with Gasteiger partial charge in [-0.05, 0) is 19.8 Å². The van der Waals surface area contributed by atoms with E-state index < -0.39 is 13.1 Å². The molecule has 0 fully saturated rings. The molecule has 3 nitrogen and oxygen atoms in total. The first-order valence-corrected chi connectivity index (χ1v) is 8.36. The molecule has 0 unspecified atom stereocenters. The van der Waals surface area contributed by atoms with Gasteiger partial charge < -0.3 is 5.11 Å². The highest BCUT2D eigenvalue weighted by Crippen LogP contribution is 2.09. The number of unbranched alkanes of at least 4 members (excludes halogenated alkanes) is 4. The van der Waals surface area contributed by atoms with Crippen LogP contribution in [0.4, 0.5) is 4.39 Å². The second-order valence-corrected chi connectivity index (χ2v) is 5.74. The zero-order valence-corrected chi connectivity index (χ0v) is 15.2. The smallest absolute Gasteiger partial charge is 0.306 e. The fourth-order valence-corrected chi connectivity index (χ4v) is 1.73. The van der Waals surface area contributed by atoms with Crippen LogP contribution in [0.3, 0.4) is 0 Å². The molecule has 0 saturated carbocycles. The van der Waals surface area contributed by atoms with Crippen molar-refractivity contribution in [2.75, 3.05) is 7.15 Å². The Morgan fingerprint density at radius 1 is 1.00 bits per heavy atom. The van der Waals surface area contributed by atoms with Crippen LogP contribution in [-0.2, 0) is 9.59 Å². The number of alkyl halides is 1. The maximum atomic E-state index is 10.7. The number of carbonyl (C=O) groups is 2. The molecule has 0 rings (SSSR count). The number of hydrogen-bond donors (Lipinski definition) is 1. The van der Waals surface area contributed by atoms with E-state index in [0.29, 0.717) is 5.78 Å². The molecular formula is C18H37FO3. The zero-order chi connectivity index (χ0) is 18.7. The van der Waals surface area contributed by atoms with Crippen LogP contribution in [0.1, 0.15) is 87.4 Å². The van der Waals surface area contributed by atoms with Gasteiger partial charge in [-0.15, -0.1) is 0 Å². The molecule has 0 amide bonds. The summed E-state index contributed by atoms with van der Waals surface area (Å²) in [6.45, 7) is 9.75. The number of halogens is 1. The Morgan fingerprint density at radius 3 is 1.64 bits per heavy atom. The third-order valence-corrected chi connectivity index (χ3v) is 3.60. The Hall–Kier alpha value is -0.930. The molecule has 0 spiro atoms. The van der Waals surface area contributed by atoms with Crippen molar-refractivity contribution in [3.63, 3.8) is 0 Å². The molecule has 0 heterocycles. The summed E-state index contributed by atoms with van der Waals surface area (Å²) >= 11 is 0. The molecule has 0 aliphatic heterocycles. The van der Waals surface area contributed by atoms with Gasteiger partial charge in [0.25, 0.3) is 0 Å². The summed E-state index contributed by atoms with van der Waals surface area (Å²) < 4.78 is 15.5. The number of carboxylic acid groups (broad SMARTS) is 1. The molecule has 0 aliphatic carbocycles. The number of rotatable bonds is 10. The van der Waals surface area contributed by atoms with Gasteiger partial charge in [0.1, 0.15) is 5.78 Å². The zero-order valence-electron chi connectivity index (χ0n) is 16.2. The van der Waals surface area contributed by atoms with Crippen LogP contribution in [0.2, 0.25) is 0 Å². The van der Waals surface area contributed by atoms with E-state index in [4.69, 9.17) is 6.48 Å². The molecule has 0 aliphatic rings. The molecule has 4 heteroatoms. The van der Waals surface area contributed by atoms with Gasteiger partial charge in [0.05, 0.1) is 14.4 Å². The van der Waals surface area contributed by atoms with Crippen molar-refractivity contribution in [3.8, 4) is 0 Å². The van der Waals surface area contributed by atoms with Crippen molar-refractivity contribution in [2.24, 2.45) is 11.8 Å². The summed E-state index contributed by atoms with van der Waals surface area (Å²) in [7, 11) is -1.00. The number of hydrogen-bond acceptors (Lipinski definition) is 2. The van der Waals surface area contributed by atoms with Crippen LogP contribution < -0.4 is 0 Å². The lowest BCUT2D eigenvalue weighted by Gasteiger charge is -2.04. The predicted molar refractivity (Wildman–Crippen MR) is 92.0 cm³/mol. The molecule has 0 radical (unpaired) electrons. The Kier molecular flexibility index (Phi) is 21.3. The Labute approximate surface area is 138 Å².